The number of fused-ring (bicyclic) bond motifs is 1. The van der Waals surface area contributed by atoms with Crippen LogP contribution in [0.3, 0.4) is 0 Å². The summed E-state index contributed by atoms with van der Waals surface area (Å²) in [6, 6.07) is 11.4. The second kappa shape index (κ2) is 5.73. The molecule has 0 spiro atoms. The molecule has 1 aromatic heterocycles. The Morgan fingerprint density at radius 2 is 2.20 bits per heavy atom. The van der Waals surface area contributed by atoms with Crippen molar-refractivity contribution in [2.24, 2.45) is 0 Å². The van der Waals surface area contributed by atoms with E-state index in [9.17, 15) is 4.79 Å². The van der Waals surface area contributed by atoms with Gasteiger partial charge in [-0.15, -0.1) is 0 Å². The summed E-state index contributed by atoms with van der Waals surface area (Å²) < 4.78 is 5.76. The summed E-state index contributed by atoms with van der Waals surface area (Å²) in [4.78, 5) is 16.2. The SMILES string of the molecule is O=C(CC1OCCc2ccccc21)c1ccnc(Cl)c1. The molecule has 0 saturated carbocycles. The predicted molar refractivity (Wildman–Crippen MR) is 77.0 cm³/mol. The van der Waals surface area contributed by atoms with Crippen molar-refractivity contribution in [2.45, 2.75) is 18.9 Å². The molecule has 0 amide bonds. The average Bonchev–Trinajstić information content (AvgIpc) is 2.47. The summed E-state index contributed by atoms with van der Waals surface area (Å²) in [6.45, 7) is 0.659. The number of benzene rings is 1. The number of carbonyl (C=O) groups is 1. The molecule has 2 aromatic rings. The van der Waals surface area contributed by atoms with Crippen molar-refractivity contribution in [1.82, 2.24) is 4.98 Å². The van der Waals surface area contributed by atoms with Crippen LogP contribution in [0.2, 0.25) is 5.15 Å². The van der Waals surface area contributed by atoms with E-state index in [4.69, 9.17) is 16.3 Å². The molecule has 1 aliphatic heterocycles. The zero-order chi connectivity index (χ0) is 13.9. The standard InChI is InChI=1S/C16H14ClNO2/c17-16-9-12(5-7-18-16)14(19)10-15-13-4-2-1-3-11(13)6-8-20-15/h1-5,7,9,15H,6,8,10H2. The predicted octanol–water partition coefficient (Wildman–Crippen LogP) is 3.62. The van der Waals surface area contributed by atoms with Crippen LogP contribution in [0, 0.1) is 0 Å². The van der Waals surface area contributed by atoms with Crippen molar-refractivity contribution < 1.29 is 9.53 Å². The molecule has 3 nitrogen and oxygen atoms in total. The van der Waals surface area contributed by atoms with Gasteiger partial charge < -0.3 is 4.74 Å². The fourth-order valence-electron chi connectivity index (χ4n) is 2.51. The first-order valence-electron chi connectivity index (χ1n) is 6.58. The lowest BCUT2D eigenvalue weighted by Crippen LogP contribution is -2.19. The van der Waals surface area contributed by atoms with Crippen molar-refractivity contribution in [2.75, 3.05) is 6.61 Å². The number of rotatable bonds is 3. The van der Waals surface area contributed by atoms with Gasteiger partial charge in [-0.3, -0.25) is 4.79 Å². The van der Waals surface area contributed by atoms with E-state index in [2.05, 4.69) is 11.1 Å². The smallest absolute Gasteiger partial charge is 0.165 e. The first-order valence-corrected chi connectivity index (χ1v) is 6.96. The summed E-state index contributed by atoms with van der Waals surface area (Å²) in [5.41, 5.74) is 2.97. The molecule has 4 heteroatoms. The van der Waals surface area contributed by atoms with E-state index in [1.807, 2.05) is 18.2 Å². The molecule has 1 aliphatic rings. The van der Waals surface area contributed by atoms with E-state index in [1.165, 1.54) is 5.56 Å². The molecule has 0 N–H and O–H groups in total. The van der Waals surface area contributed by atoms with Gasteiger partial charge in [-0.2, -0.15) is 0 Å². The number of hydrogen-bond acceptors (Lipinski definition) is 3. The van der Waals surface area contributed by atoms with Crippen LogP contribution < -0.4 is 0 Å². The van der Waals surface area contributed by atoms with Crippen LogP contribution in [0.15, 0.2) is 42.6 Å². The minimum absolute atomic E-state index is 0.0241. The first kappa shape index (κ1) is 13.3. The largest absolute Gasteiger partial charge is 0.373 e. The highest BCUT2D eigenvalue weighted by atomic mass is 35.5. The zero-order valence-corrected chi connectivity index (χ0v) is 11.6. The molecule has 0 radical (unpaired) electrons. The quantitative estimate of drug-likeness (QED) is 0.639. The van der Waals surface area contributed by atoms with Gasteiger partial charge in [-0.25, -0.2) is 4.98 Å². The van der Waals surface area contributed by atoms with Crippen molar-refractivity contribution in [3.05, 3.63) is 64.4 Å². The van der Waals surface area contributed by atoms with E-state index in [1.54, 1.807) is 18.3 Å². The maximum absolute atomic E-state index is 12.3. The van der Waals surface area contributed by atoms with Crippen LogP contribution >= 0.6 is 11.6 Å². The molecule has 1 atom stereocenters. The van der Waals surface area contributed by atoms with Gasteiger partial charge in [0, 0.05) is 18.2 Å². The number of nitrogens with zero attached hydrogens (tertiary/aromatic N) is 1. The van der Waals surface area contributed by atoms with Crippen LogP contribution in [0.4, 0.5) is 0 Å². The number of ether oxygens (including phenoxy) is 1. The Balaban J connectivity index is 1.81. The molecular weight excluding hydrogens is 274 g/mol. The van der Waals surface area contributed by atoms with Crippen LogP contribution in [0.1, 0.15) is 34.0 Å². The molecule has 1 unspecified atom stereocenters. The van der Waals surface area contributed by atoms with E-state index >= 15 is 0 Å². The zero-order valence-electron chi connectivity index (χ0n) is 10.9. The number of carbonyl (C=O) groups excluding carboxylic acids is 1. The Morgan fingerprint density at radius 3 is 3.05 bits per heavy atom. The normalized spacial score (nSPS) is 17.6. The van der Waals surface area contributed by atoms with Crippen LogP contribution in [-0.4, -0.2) is 17.4 Å². The Kier molecular flexibility index (Phi) is 3.81. The molecule has 0 aliphatic carbocycles. The lowest BCUT2D eigenvalue weighted by molar-refractivity contribution is 0.0352. The fraction of sp³-hybridized carbons (Fsp3) is 0.250. The van der Waals surface area contributed by atoms with Crippen molar-refractivity contribution in [3.8, 4) is 0 Å². The third kappa shape index (κ3) is 2.74. The van der Waals surface area contributed by atoms with Crippen molar-refractivity contribution in [1.29, 1.82) is 0 Å². The lowest BCUT2D eigenvalue weighted by atomic mass is 9.93. The topological polar surface area (TPSA) is 39.2 Å². The Bertz CT molecular complexity index is 642. The van der Waals surface area contributed by atoms with Crippen molar-refractivity contribution >= 4 is 17.4 Å². The van der Waals surface area contributed by atoms with Crippen LogP contribution in [0.25, 0.3) is 0 Å². The molecule has 1 aromatic carbocycles. The van der Waals surface area contributed by atoms with Gasteiger partial charge in [0.2, 0.25) is 0 Å². The summed E-state index contributed by atoms with van der Waals surface area (Å²) in [5.74, 6) is 0.0241. The molecule has 102 valence electrons. The van der Waals surface area contributed by atoms with Gasteiger partial charge in [0.05, 0.1) is 12.7 Å². The maximum atomic E-state index is 12.3. The highest BCUT2D eigenvalue weighted by molar-refractivity contribution is 6.29. The van der Waals surface area contributed by atoms with Crippen molar-refractivity contribution in [3.63, 3.8) is 0 Å². The summed E-state index contributed by atoms with van der Waals surface area (Å²) in [5, 5.41) is 0.334. The summed E-state index contributed by atoms with van der Waals surface area (Å²) >= 11 is 5.82. The van der Waals surface area contributed by atoms with Gasteiger partial charge in [-0.05, 0) is 29.7 Å². The number of Topliss-reactive ketones (excluding diaryl/α,β-unsaturated/α-hetero) is 1. The second-order valence-corrected chi connectivity index (χ2v) is 5.19. The van der Waals surface area contributed by atoms with Crippen LogP contribution in [0.5, 0.6) is 0 Å². The molecule has 20 heavy (non-hydrogen) atoms. The number of ketones is 1. The monoisotopic (exact) mass is 287 g/mol. The Labute approximate surface area is 122 Å². The molecule has 3 rings (SSSR count). The highest BCUT2D eigenvalue weighted by Gasteiger charge is 2.23. The fourth-order valence-corrected chi connectivity index (χ4v) is 2.68. The maximum Gasteiger partial charge on any atom is 0.165 e. The molecule has 2 heterocycles. The highest BCUT2D eigenvalue weighted by Crippen LogP contribution is 2.30. The Morgan fingerprint density at radius 1 is 1.35 bits per heavy atom. The minimum atomic E-state index is -0.167. The van der Waals surface area contributed by atoms with Gasteiger partial charge in [0.15, 0.2) is 5.78 Å². The lowest BCUT2D eigenvalue weighted by Gasteiger charge is -2.25. The third-order valence-electron chi connectivity index (χ3n) is 3.51. The number of aromatic nitrogens is 1. The average molecular weight is 288 g/mol. The van der Waals surface area contributed by atoms with E-state index in [0.717, 1.165) is 12.0 Å². The van der Waals surface area contributed by atoms with Gasteiger partial charge >= 0.3 is 0 Å². The first-order chi connectivity index (χ1) is 9.74. The second-order valence-electron chi connectivity index (χ2n) is 4.80. The Hall–Kier alpha value is -1.71. The summed E-state index contributed by atoms with van der Waals surface area (Å²) in [7, 11) is 0. The molecule has 0 bridgehead atoms. The van der Waals surface area contributed by atoms with Gasteiger partial charge in [0.1, 0.15) is 5.15 Å². The molecular formula is C16H14ClNO2. The molecule has 0 saturated heterocycles. The van der Waals surface area contributed by atoms with E-state index in [-0.39, 0.29) is 11.9 Å². The number of hydrogen-bond donors (Lipinski definition) is 0. The van der Waals surface area contributed by atoms with E-state index in [0.29, 0.717) is 23.7 Å². The number of halogens is 1. The minimum Gasteiger partial charge on any atom is -0.373 e. The van der Waals surface area contributed by atoms with Gasteiger partial charge in [0.25, 0.3) is 0 Å². The summed E-state index contributed by atoms with van der Waals surface area (Å²) in [6.07, 6.45) is 2.62. The van der Waals surface area contributed by atoms with Gasteiger partial charge in [-0.1, -0.05) is 35.9 Å². The van der Waals surface area contributed by atoms with Crippen LogP contribution in [-0.2, 0) is 11.2 Å². The number of pyridine rings is 1. The third-order valence-corrected chi connectivity index (χ3v) is 3.72. The molecule has 0 fully saturated rings. The van der Waals surface area contributed by atoms with E-state index < -0.39 is 0 Å².